The quantitative estimate of drug-likeness (QED) is 0.824. The van der Waals surface area contributed by atoms with Crippen LogP contribution >= 0.6 is 0 Å². The molecule has 1 unspecified atom stereocenters. The van der Waals surface area contributed by atoms with Crippen LogP contribution in [0.1, 0.15) is 25.3 Å². The van der Waals surface area contributed by atoms with Gasteiger partial charge >= 0.3 is 0 Å². The zero-order valence-electron chi connectivity index (χ0n) is 14.4. The Morgan fingerprint density at radius 1 is 1.25 bits per heavy atom. The van der Waals surface area contributed by atoms with Gasteiger partial charge in [-0.05, 0) is 37.6 Å². The van der Waals surface area contributed by atoms with Crippen molar-refractivity contribution in [1.82, 2.24) is 10.6 Å². The first-order chi connectivity index (χ1) is 11.6. The van der Waals surface area contributed by atoms with Gasteiger partial charge in [-0.15, -0.1) is 0 Å². The minimum Gasteiger partial charge on any atom is -0.454 e. The first kappa shape index (κ1) is 17.0. The number of amides is 1. The highest BCUT2D eigenvalue weighted by Gasteiger charge is 2.36. The van der Waals surface area contributed by atoms with Gasteiger partial charge in [0, 0.05) is 37.6 Å². The molecule has 6 heteroatoms. The first-order valence-electron chi connectivity index (χ1n) is 8.55. The molecule has 2 aliphatic heterocycles. The van der Waals surface area contributed by atoms with Crippen molar-refractivity contribution < 1.29 is 19.0 Å². The van der Waals surface area contributed by atoms with Gasteiger partial charge in [0.2, 0.25) is 12.7 Å². The molecular formula is C18H26N2O4. The second-order valence-electron chi connectivity index (χ2n) is 6.64. The van der Waals surface area contributed by atoms with Crippen LogP contribution in [0.4, 0.5) is 0 Å². The number of carbonyl (C=O) groups is 1. The van der Waals surface area contributed by atoms with Gasteiger partial charge in [0.15, 0.2) is 11.5 Å². The molecule has 1 aromatic carbocycles. The summed E-state index contributed by atoms with van der Waals surface area (Å²) < 4.78 is 16.5. The van der Waals surface area contributed by atoms with E-state index < -0.39 is 0 Å². The number of hydrogen-bond donors (Lipinski definition) is 2. The fourth-order valence-electron chi connectivity index (χ4n) is 3.39. The van der Waals surface area contributed by atoms with E-state index in [1.54, 1.807) is 0 Å². The summed E-state index contributed by atoms with van der Waals surface area (Å²) in [6.45, 7) is 4.90. The predicted molar refractivity (Wildman–Crippen MR) is 90.4 cm³/mol. The second kappa shape index (κ2) is 7.40. The third-order valence-corrected chi connectivity index (χ3v) is 4.99. The van der Waals surface area contributed by atoms with Crippen molar-refractivity contribution in [3.63, 3.8) is 0 Å². The van der Waals surface area contributed by atoms with Crippen LogP contribution in [0.5, 0.6) is 11.5 Å². The van der Waals surface area contributed by atoms with E-state index in [1.165, 1.54) is 5.56 Å². The van der Waals surface area contributed by atoms with Gasteiger partial charge < -0.3 is 24.8 Å². The number of benzene rings is 1. The van der Waals surface area contributed by atoms with Gasteiger partial charge in [-0.2, -0.15) is 0 Å². The van der Waals surface area contributed by atoms with Crippen molar-refractivity contribution in [3.8, 4) is 11.5 Å². The van der Waals surface area contributed by atoms with E-state index in [-0.39, 0.29) is 24.0 Å². The third kappa shape index (κ3) is 3.49. The van der Waals surface area contributed by atoms with Crippen molar-refractivity contribution in [2.45, 2.75) is 25.2 Å². The topological polar surface area (TPSA) is 68.8 Å². The van der Waals surface area contributed by atoms with Crippen molar-refractivity contribution in [1.29, 1.82) is 0 Å². The Hall–Kier alpha value is -1.79. The average molecular weight is 334 g/mol. The normalized spacial score (nSPS) is 19.8. The number of fused-ring (bicyclic) bond motifs is 1. The molecule has 0 aromatic heterocycles. The summed E-state index contributed by atoms with van der Waals surface area (Å²) >= 11 is 0. The molecule has 1 atom stereocenters. The van der Waals surface area contributed by atoms with E-state index in [1.807, 2.05) is 20.0 Å². The highest BCUT2D eigenvalue weighted by molar-refractivity contribution is 5.78. The van der Waals surface area contributed by atoms with Crippen LogP contribution in [0.3, 0.4) is 0 Å². The van der Waals surface area contributed by atoms with E-state index in [2.05, 4.69) is 22.8 Å². The fourth-order valence-corrected chi connectivity index (χ4v) is 3.39. The molecule has 0 radical (unpaired) electrons. The standard InChI is InChI=1S/C18H26N2O4/c1-13(10-19-2)17(21)20-11-18(5-7-22-8-6-18)14-3-4-15-16(9-14)24-12-23-15/h3-4,9,13,19H,5-8,10-12H2,1-2H3,(H,20,21). The summed E-state index contributed by atoms with van der Waals surface area (Å²) in [4.78, 5) is 12.3. The largest absolute Gasteiger partial charge is 0.454 e. The zero-order chi connectivity index (χ0) is 17.0. The third-order valence-electron chi connectivity index (χ3n) is 4.99. The lowest BCUT2D eigenvalue weighted by atomic mass is 9.74. The van der Waals surface area contributed by atoms with E-state index >= 15 is 0 Å². The summed E-state index contributed by atoms with van der Waals surface area (Å²) in [5.74, 6) is 1.60. The molecule has 2 aliphatic rings. The van der Waals surface area contributed by atoms with Crippen molar-refractivity contribution in [2.75, 3.05) is 40.1 Å². The number of rotatable bonds is 6. The Balaban J connectivity index is 1.76. The molecule has 0 saturated carbocycles. The predicted octanol–water partition coefficient (Wildman–Crippen LogP) is 1.44. The molecule has 0 aliphatic carbocycles. The molecule has 2 heterocycles. The Morgan fingerprint density at radius 3 is 2.75 bits per heavy atom. The van der Waals surface area contributed by atoms with Crippen molar-refractivity contribution in [3.05, 3.63) is 23.8 Å². The summed E-state index contributed by atoms with van der Waals surface area (Å²) in [6, 6.07) is 6.10. The molecule has 0 spiro atoms. The van der Waals surface area contributed by atoms with E-state index in [0.717, 1.165) is 24.3 Å². The maximum atomic E-state index is 12.3. The molecule has 6 nitrogen and oxygen atoms in total. The zero-order valence-corrected chi connectivity index (χ0v) is 14.4. The highest BCUT2D eigenvalue weighted by Crippen LogP contribution is 2.40. The highest BCUT2D eigenvalue weighted by atomic mass is 16.7. The molecule has 2 N–H and O–H groups in total. The molecule has 132 valence electrons. The number of ether oxygens (including phenoxy) is 3. The molecule has 0 bridgehead atoms. The van der Waals surface area contributed by atoms with Gasteiger partial charge in [-0.1, -0.05) is 13.0 Å². The Kier molecular flexibility index (Phi) is 5.26. The van der Waals surface area contributed by atoms with Crippen LogP contribution < -0.4 is 20.1 Å². The van der Waals surface area contributed by atoms with Crippen LogP contribution in [0.25, 0.3) is 0 Å². The first-order valence-corrected chi connectivity index (χ1v) is 8.55. The lowest BCUT2D eigenvalue weighted by Gasteiger charge is -2.38. The summed E-state index contributed by atoms with van der Waals surface area (Å²) in [5.41, 5.74) is 1.06. The Labute approximate surface area is 142 Å². The Morgan fingerprint density at radius 2 is 2.00 bits per heavy atom. The molecule has 1 fully saturated rings. The van der Waals surface area contributed by atoms with Crippen LogP contribution in [0.15, 0.2) is 18.2 Å². The van der Waals surface area contributed by atoms with Crippen molar-refractivity contribution >= 4 is 5.91 Å². The second-order valence-corrected chi connectivity index (χ2v) is 6.64. The molecule has 3 rings (SSSR count). The van der Waals surface area contributed by atoms with Gasteiger partial charge in [-0.3, -0.25) is 4.79 Å². The SMILES string of the molecule is CNCC(C)C(=O)NCC1(c2ccc3c(c2)OCO3)CCOCC1. The molecular weight excluding hydrogens is 308 g/mol. The summed E-state index contributed by atoms with van der Waals surface area (Å²) in [5, 5.41) is 6.18. The fraction of sp³-hybridized carbons (Fsp3) is 0.611. The van der Waals surface area contributed by atoms with E-state index in [9.17, 15) is 4.79 Å². The van der Waals surface area contributed by atoms with Crippen molar-refractivity contribution in [2.24, 2.45) is 5.92 Å². The van der Waals surface area contributed by atoms with Crippen LogP contribution in [0.2, 0.25) is 0 Å². The lowest BCUT2D eigenvalue weighted by molar-refractivity contribution is -0.124. The average Bonchev–Trinajstić information content (AvgIpc) is 3.08. The van der Waals surface area contributed by atoms with E-state index in [0.29, 0.717) is 26.3 Å². The van der Waals surface area contributed by atoms with E-state index in [4.69, 9.17) is 14.2 Å². The molecule has 1 saturated heterocycles. The maximum absolute atomic E-state index is 12.3. The number of nitrogens with one attached hydrogen (secondary N) is 2. The van der Waals surface area contributed by atoms with Gasteiger partial charge in [0.25, 0.3) is 0 Å². The minimum absolute atomic E-state index is 0.0522. The molecule has 1 aromatic rings. The monoisotopic (exact) mass is 334 g/mol. The summed E-state index contributed by atoms with van der Waals surface area (Å²) in [7, 11) is 1.86. The smallest absolute Gasteiger partial charge is 0.231 e. The maximum Gasteiger partial charge on any atom is 0.231 e. The number of hydrogen-bond acceptors (Lipinski definition) is 5. The molecule has 24 heavy (non-hydrogen) atoms. The lowest BCUT2D eigenvalue weighted by Crippen LogP contribution is -2.46. The summed E-state index contributed by atoms with van der Waals surface area (Å²) in [6.07, 6.45) is 1.76. The van der Waals surface area contributed by atoms with Crippen LogP contribution in [-0.2, 0) is 14.9 Å². The minimum atomic E-state index is -0.117. The van der Waals surface area contributed by atoms with Crippen LogP contribution in [-0.4, -0.2) is 46.1 Å². The van der Waals surface area contributed by atoms with Crippen LogP contribution in [0, 0.1) is 5.92 Å². The number of carbonyl (C=O) groups excluding carboxylic acids is 1. The molecule has 1 amide bonds. The van der Waals surface area contributed by atoms with Gasteiger partial charge in [0.1, 0.15) is 0 Å². The van der Waals surface area contributed by atoms with Gasteiger partial charge in [0.05, 0.1) is 0 Å². The Bertz CT molecular complexity index is 584. The van der Waals surface area contributed by atoms with Gasteiger partial charge in [-0.25, -0.2) is 0 Å².